The molecule has 1 amide bonds. The number of nitrogens with one attached hydrogen (secondary N) is 1. The second kappa shape index (κ2) is 13.8. The number of nitrogens with two attached hydrogens (primary N) is 1. The number of phenols is 1. The molecule has 4 rings (SSSR count). The third-order valence-electron chi connectivity index (χ3n) is 5.67. The van der Waals surface area contributed by atoms with Crippen LogP contribution in [-0.2, 0) is 39.2 Å². The van der Waals surface area contributed by atoms with Crippen molar-refractivity contribution in [3.8, 4) is 5.75 Å². The molecule has 1 unspecified atom stereocenters. The number of carbonyl (C=O) groups is 1. The van der Waals surface area contributed by atoms with Gasteiger partial charge >= 0.3 is 88.4 Å². The molecule has 0 radical (unpaired) electrons. The maximum atomic E-state index is 11.8. The first-order valence-corrected chi connectivity index (χ1v) is 18.2. The molecule has 0 aliphatic rings. The molecule has 0 saturated carbocycles. The molecule has 0 saturated heterocycles. The number of rotatable bonds is 8. The van der Waals surface area contributed by atoms with E-state index in [9.17, 15) is 39.1 Å². The van der Waals surface area contributed by atoms with E-state index in [0.717, 1.165) is 24.3 Å². The molecule has 234 valence electrons. The Hall–Kier alpha value is -3.97. The van der Waals surface area contributed by atoms with Crippen LogP contribution < -0.4 is 15.4 Å². The van der Waals surface area contributed by atoms with Gasteiger partial charge in [-0.05, 0) is 41.3 Å². The molecule has 0 fully saturated rings. The van der Waals surface area contributed by atoms with E-state index in [1.54, 1.807) is 30.3 Å². The van der Waals surface area contributed by atoms with Crippen molar-refractivity contribution in [3.05, 3.63) is 78.4 Å². The number of azo groups is 1. The van der Waals surface area contributed by atoms with Crippen molar-refractivity contribution in [2.24, 2.45) is 16.0 Å². The van der Waals surface area contributed by atoms with Crippen LogP contribution in [0.5, 0.6) is 5.75 Å². The molecule has 16 nitrogen and oxygen atoms in total. The minimum Gasteiger partial charge on any atom is -0.505 e. The number of phenolic OH excluding ortho intramolecular Hbond substituents is 1. The Kier molecular flexibility index (Phi) is 10.8. The Bertz CT molecular complexity index is 2020. The fourth-order valence-electron chi connectivity index (χ4n) is 3.68. The SMILES string of the molecule is CC(=O)Nc1cccc([As](=O)(O)OO)c1.NCc1ccccc1N=Nc1c(S(=O)(=O)O)cc2cc(S(=O)(=O)O)ccc2c1O. The number of aromatic hydroxyl groups is 1. The van der Waals surface area contributed by atoms with Gasteiger partial charge in [-0.2, -0.15) is 21.9 Å². The molecule has 0 spiro atoms. The number of fused-ring (bicyclic) bond motifs is 1. The van der Waals surface area contributed by atoms with Gasteiger partial charge in [0.1, 0.15) is 10.6 Å². The van der Waals surface area contributed by atoms with Crippen LogP contribution in [0.3, 0.4) is 0 Å². The predicted molar refractivity (Wildman–Crippen MR) is 157 cm³/mol. The van der Waals surface area contributed by atoms with Crippen LogP contribution in [0, 0.1) is 0 Å². The average Bonchev–Trinajstić information content (AvgIpc) is 2.95. The first kappa shape index (κ1) is 34.5. The number of hydrogen-bond acceptors (Lipinski definition) is 12. The van der Waals surface area contributed by atoms with Gasteiger partial charge < -0.3 is 10.8 Å². The van der Waals surface area contributed by atoms with Crippen LogP contribution >= 0.6 is 0 Å². The topological polar surface area (TPSA) is 276 Å². The van der Waals surface area contributed by atoms with E-state index in [2.05, 4.69) is 19.4 Å². The van der Waals surface area contributed by atoms with E-state index >= 15 is 0 Å². The van der Waals surface area contributed by atoms with Gasteiger partial charge in [0.05, 0.1) is 10.6 Å². The number of anilines is 1. The maximum Gasteiger partial charge on any atom is 0.296 e. The van der Waals surface area contributed by atoms with Crippen LogP contribution in [0.25, 0.3) is 10.8 Å². The molecule has 19 heteroatoms. The summed E-state index contributed by atoms with van der Waals surface area (Å²) in [5.74, 6) is -0.942. The zero-order chi connectivity index (χ0) is 32.9. The second-order valence-electron chi connectivity index (χ2n) is 8.77. The Labute approximate surface area is 253 Å². The summed E-state index contributed by atoms with van der Waals surface area (Å²) in [6.45, 7) is 1.46. The summed E-state index contributed by atoms with van der Waals surface area (Å²) in [5.41, 5.74) is 6.39. The van der Waals surface area contributed by atoms with Gasteiger partial charge in [-0.15, -0.1) is 5.11 Å². The Morgan fingerprint density at radius 3 is 2.23 bits per heavy atom. The molecule has 0 aliphatic heterocycles. The van der Waals surface area contributed by atoms with Crippen molar-refractivity contribution in [1.29, 1.82) is 0 Å². The van der Waals surface area contributed by atoms with Crippen molar-refractivity contribution >= 4 is 72.5 Å². The molecule has 0 heterocycles. The minimum absolute atomic E-state index is 0.0332. The first-order chi connectivity index (χ1) is 20.5. The van der Waals surface area contributed by atoms with Crippen LogP contribution in [0.4, 0.5) is 17.1 Å². The average molecular weight is 713 g/mol. The summed E-state index contributed by atoms with van der Waals surface area (Å²) in [7, 11) is -9.43. The van der Waals surface area contributed by atoms with E-state index in [4.69, 9.17) is 15.5 Å². The van der Waals surface area contributed by atoms with Gasteiger partial charge in [0, 0.05) is 11.9 Å². The van der Waals surface area contributed by atoms with Gasteiger partial charge in [0.2, 0.25) is 0 Å². The summed E-state index contributed by atoms with van der Waals surface area (Å²) in [4.78, 5) is 9.42. The molecule has 4 aromatic rings. The first-order valence-electron chi connectivity index (χ1n) is 12.0. The molecule has 0 aliphatic carbocycles. The van der Waals surface area contributed by atoms with E-state index < -0.39 is 55.6 Å². The summed E-state index contributed by atoms with van der Waals surface area (Å²) in [5, 5.41) is 28.9. The molecule has 44 heavy (non-hydrogen) atoms. The minimum atomic E-state index is -4.87. The molecule has 0 bridgehead atoms. The standard InChI is InChI=1S/C17H15N3O7S2.C8H10AsNO5/c18-9-10-3-1-2-4-14(10)19-20-16-15(29(25,26)27)8-11-7-12(28(22,23)24)5-6-13(11)17(16)21;1-6(11)10-8-4-2-3-7(5-8)9(12,13)15-14/h1-8,21H,9,18H2,(H,22,23,24)(H,25,26,27);2-5,14H,1H3,(H,10,11)(H,12,13). The Balaban J connectivity index is 0.000000297. The smallest absolute Gasteiger partial charge is 0.296 e. The molecule has 8 N–H and O–H groups in total. The quantitative estimate of drug-likeness (QED) is 0.0456. The summed E-state index contributed by atoms with van der Waals surface area (Å²) >= 11 is -4.83. The summed E-state index contributed by atoms with van der Waals surface area (Å²) in [6, 6.07) is 16.3. The molecule has 4 aromatic carbocycles. The fourth-order valence-corrected chi connectivity index (χ4v) is 6.26. The third-order valence-corrected chi connectivity index (χ3v) is 9.80. The van der Waals surface area contributed by atoms with E-state index in [1.165, 1.54) is 25.1 Å². The molecular formula is C25H25AsN4O12S2. The largest absolute Gasteiger partial charge is 0.505 e. The van der Waals surface area contributed by atoms with Crippen LogP contribution in [0.15, 0.2) is 92.8 Å². The number of benzene rings is 4. The van der Waals surface area contributed by atoms with Crippen LogP contribution in [0.2, 0.25) is 0 Å². The molecule has 0 aromatic heterocycles. The number of carbonyl (C=O) groups excluding carboxylic acids is 1. The molecule has 1 atom stereocenters. The van der Waals surface area contributed by atoms with E-state index in [0.29, 0.717) is 16.9 Å². The zero-order valence-electron chi connectivity index (χ0n) is 22.5. The predicted octanol–water partition coefficient (Wildman–Crippen LogP) is 2.62. The normalized spacial score (nSPS) is 13.2. The second-order valence-corrected chi connectivity index (χ2v) is 15.2. The van der Waals surface area contributed by atoms with Gasteiger partial charge in [-0.3, -0.25) is 9.11 Å². The van der Waals surface area contributed by atoms with Gasteiger partial charge in [0.25, 0.3) is 20.2 Å². The van der Waals surface area contributed by atoms with Crippen molar-refractivity contribution in [1.82, 2.24) is 0 Å². The van der Waals surface area contributed by atoms with E-state index in [-0.39, 0.29) is 27.6 Å². The van der Waals surface area contributed by atoms with Crippen molar-refractivity contribution in [2.45, 2.75) is 23.3 Å². The van der Waals surface area contributed by atoms with Gasteiger partial charge in [-0.25, -0.2) is 0 Å². The zero-order valence-corrected chi connectivity index (χ0v) is 26.0. The number of hydrogen-bond donors (Lipinski definition) is 7. The third kappa shape index (κ3) is 8.56. The van der Waals surface area contributed by atoms with Crippen molar-refractivity contribution in [3.63, 3.8) is 0 Å². The van der Waals surface area contributed by atoms with Crippen LogP contribution in [-0.4, -0.2) is 60.5 Å². The molecular weight excluding hydrogens is 687 g/mol. The Morgan fingerprint density at radius 1 is 0.955 bits per heavy atom. The summed E-state index contributed by atoms with van der Waals surface area (Å²) in [6.07, 6.45) is 0. The monoisotopic (exact) mass is 712 g/mol. The number of nitrogens with zero attached hydrogens (tertiary/aromatic N) is 2. The maximum absolute atomic E-state index is 11.8. The van der Waals surface area contributed by atoms with E-state index in [1.807, 2.05) is 0 Å². The fraction of sp³-hybridized carbons (Fsp3) is 0.0800. The van der Waals surface area contributed by atoms with Crippen LogP contribution in [0.1, 0.15) is 12.5 Å². The number of amides is 1. The van der Waals surface area contributed by atoms with Crippen molar-refractivity contribution < 1.29 is 52.8 Å². The van der Waals surface area contributed by atoms with Crippen molar-refractivity contribution in [2.75, 3.05) is 5.32 Å². The van der Waals surface area contributed by atoms with Gasteiger partial charge in [0.15, 0.2) is 5.75 Å². The van der Waals surface area contributed by atoms with Gasteiger partial charge in [-0.1, -0.05) is 18.2 Å². The summed E-state index contributed by atoms with van der Waals surface area (Å²) < 4.78 is 88.9. The Morgan fingerprint density at radius 2 is 1.64 bits per heavy atom.